The van der Waals surface area contributed by atoms with Gasteiger partial charge in [0.2, 0.25) is 6.10 Å². The molecule has 0 unspecified atom stereocenters. The minimum Gasteiger partial charge on any atom is -0.476 e. The van der Waals surface area contributed by atoms with Gasteiger partial charge in [0.15, 0.2) is 0 Å². The van der Waals surface area contributed by atoms with E-state index in [2.05, 4.69) is 10.5 Å². The highest BCUT2D eigenvalue weighted by Crippen LogP contribution is 2.21. The number of ether oxygens (including phenoxy) is 1. The SMILES string of the molecule is O=C(N/N=C/c1ccccc1)[C@H](Oc1ccccc1)c1ccccc1. The molecule has 0 spiro atoms. The molecule has 4 nitrogen and oxygen atoms in total. The van der Waals surface area contributed by atoms with Gasteiger partial charge in [0.1, 0.15) is 5.75 Å². The summed E-state index contributed by atoms with van der Waals surface area (Å²) in [5.74, 6) is 0.292. The van der Waals surface area contributed by atoms with E-state index in [9.17, 15) is 4.79 Å². The largest absolute Gasteiger partial charge is 0.476 e. The molecule has 1 N–H and O–H groups in total. The average Bonchev–Trinajstić information content (AvgIpc) is 2.68. The summed E-state index contributed by atoms with van der Waals surface area (Å²) < 4.78 is 5.88. The highest BCUT2D eigenvalue weighted by Gasteiger charge is 2.22. The summed E-state index contributed by atoms with van der Waals surface area (Å²) in [5, 5.41) is 4.03. The van der Waals surface area contributed by atoms with Crippen LogP contribution in [0.4, 0.5) is 0 Å². The maximum Gasteiger partial charge on any atom is 0.285 e. The van der Waals surface area contributed by atoms with Crippen LogP contribution in [0.5, 0.6) is 5.75 Å². The van der Waals surface area contributed by atoms with Crippen LogP contribution in [0.3, 0.4) is 0 Å². The molecule has 4 heteroatoms. The van der Waals surface area contributed by atoms with E-state index in [1.807, 2.05) is 91.0 Å². The van der Waals surface area contributed by atoms with Crippen molar-refractivity contribution >= 4 is 12.1 Å². The molecule has 0 radical (unpaired) electrons. The maximum atomic E-state index is 12.6. The van der Waals surface area contributed by atoms with Gasteiger partial charge in [-0.05, 0) is 17.7 Å². The van der Waals surface area contributed by atoms with E-state index >= 15 is 0 Å². The second-order valence-corrected chi connectivity index (χ2v) is 5.37. The quantitative estimate of drug-likeness (QED) is 0.549. The first-order valence-corrected chi connectivity index (χ1v) is 7.97. The normalized spacial score (nSPS) is 11.8. The van der Waals surface area contributed by atoms with Gasteiger partial charge in [-0.25, -0.2) is 5.43 Å². The van der Waals surface area contributed by atoms with Crippen molar-refractivity contribution in [3.8, 4) is 5.75 Å². The Morgan fingerprint density at radius 3 is 2.04 bits per heavy atom. The molecule has 0 saturated heterocycles. The molecule has 3 aromatic rings. The first-order valence-electron chi connectivity index (χ1n) is 7.97. The van der Waals surface area contributed by atoms with E-state index in [1.54, 1.807) is 6.21 Å². The van der Waals surface area contributed by atoms with Crippen molar-refractivity contribution in [1.82, 2.24) is 5.43 Å². The van der Waals surface area contributed by atoms with Gasteiger partial charge in [0.25, 0.3) is 5.91 Å². The predicted octanol–water partition coefficient (Wildman–Crippen LogP) is 3.96. The smallest absolute Gasteiger partial charge is 0.285 e. The van der Waals surface area contributed by atoms with Crippen LogP contribution in [-0.4, -0.2) is 12.1 Å². The topological polar surface area (TPSA) is 50.7 Å². The molecule has 124 valence electrons. The molecule has 25 heavy (non-hydrogen) atoms. The number of amides is 1. The monoisotopic (exact) mass is 330 g/mol. The number of hydrogen-bond acceptors (Lipinski definition) is 3. The fourth-order valence-electron chi connectivity index (χ4n) is 2.30. The third-order valence-corrected chi connectivity index (χ3v) is 3.53. The van der Waals surface area contributed by atoms with Crippen molar-refractivity contribution in [3.05, 3.63) is 102 Å². The van der Waals surface area contributed by atoms with Gasteiger partial charge in [-0.3, -0.25) is 4.79 Å². The number of nitrogens with zero attached hydrogens (tertiary/aromatic N) is 1. The highest BCUT2D eigenvalue weighted by atomic mass is 16.5. The molecule has 0 bridgehead atoms. The van der Waals surface area contributed by atoms with E-state index < -0.39 is 6.10 Å². The molecule has 1 atom stereocenters. The summed E-state index contributed by atoms with van der Waals surface area (Å²) >= 11 is 0. The number of para-hydroxylation sites is 1. The molecule has 0 fully saturated rings. The fourth-order valence-corrected chi connectivity index (χ4v) is 2.30. The molecule has 0 heterocycles. The summed E-state index contributed by atoms with van der Waals surface area (Å²) in [4.78, 5) is 12.6. The lowest BCUT2D eigenvalue weighted by molar-refractivity contribution is -0.128. The van der Waals surface area contributed by atoms with Crippen molar-refractivity contribution in [3.63, 3.8) is 0 Å². The van der Waals surface area contributed by atoms with E-state index in [4.69, 9.17) is 4.74 Å². The number of rotatable bonds is 6. The Hall–Kier alpha value is -3.40. The zero-order valence-electron chi connectivity index (χ0n) is 13.6. The third-order valence-electron chi connectivity index (χ3n) is 3.53. The van der Waals surface area contributed by atoms with Crippen molar-refractivity contribution < 1.29 is 9.53 Å². The summed E-state index contributed by atoms with van der Waals surface area (Å²) in [6, 6.07) is 28.2. The number of carbonyl (C=O) groups excluding carboxylic acids is 1. The summed E-state index contributed by atoms with van der Waals surface area (Å²) in [7, 11) is 0. The van der Waals surface area contributed by atoms with Crippen molar-refractivity contribution in [2.75, 3.05) is 0 Å². The molecule has 0 aliphatic heterocycles. The molecule has 0 aliphatic carbocycles. The van der Waals surface area contributed by atoms with Gasteiger partial charge in [-0.2, -0.15) is 5.10 Å². The number of carbonyl (C=O) groups is 1. The van der Waals surface area contributed by atoms with Crippen molar-refractivity contribution in [2.24, 2.45) is 5.10 Å². The van der Waals surface area contributed by atoms with Crippen LogP contribution in [0.15, 0.2) is 96.1 Å². The second kappa shape index (κ2) is 8.45. The Morgan fingerprint density at radius 1 is 0.840 bits per heavy atom. The molecular weight excluding hydrogens is 312 g/mol. The zero-order chi connectivity index (χ0) is 17.3. The number of nitrogens with one attached hydrogen (secondary N) is 1. The van der Waals surface area contributed by atoms with Gasteiger partial charge < -0.3 is 4.74 Å². The molecule has 0 aromatic heterocycles. The van der Waals surface area contributed by atoms with E-state index in [0.29, 0.717) is 5.75 Å². The second-order valence-electron chi connectivity index (χ2n) is 5.37. The van der Waals surface area contributed by atoms with Gasteiger partial charge in [0, 0.05) is 5.56 Å². The van der Waals surface area contributed by atoms with Crippen LogP contribution in [-0.2, 0) is 4.79 Å². The van der Waals surface area contributed by atoms with Gasteiger partial charge in [-0.15, -0.1) is 0 Å². The molecule has 0 aliphatic rings. The Balaban J connectivity index is 1.74. The third kappa shape index (κ3) is 4.78. The molecule has 3 aromatic carbocycles. The molecule has 1 amide bonds. The zero-order valence-corrected chi connectivity index (χ0v) is 13.6. The molecular formula is C21H18N2O2. The summed E-state index contributed by atoms with van der Waals surface area (Å²) in [6.07, 6.45) is 0.819. The average molecular weight is 330 g/mol. The van der Waals surface area contributed by atoms with Gasteiger partial charge in [0.05, 0.1) is 6.21 Å². The van der Waals surface area contributed by atoms with E-state index in [1.165, 1.54) is 0 Å². The molecule has 3 rings (SSSR count). The van der Waals surface area contributed by atoms with Crippen molar-refractivity contribution in [1.29, 1.82) is 0 Å². The Bertz CT molecular complexity index is 818. The first kappa shape index (κ1) is 16.5. The van der Waals surface area contributed by atoms with Crippen LogP contribution in [0.1, 0.15) is 17.2 Å². The molecule has 0 saturated carbocycles. The van der Waals surface area contributed by atoms with Crippen LogP contribution < -0.4 is 10.2 Å². The first-order chi connectivity index (χ1) is 12.3. The van der Waals surface area contributed by atoms with Crippen molar-refractivity contribution in [2.45, 2.75) is 6.10 Å². The van der Waals surface area contributed by atoms with Gasteiger partial charge >= 0.3 is 0 Å². The lowest BCUT2D eigenvalue weighted by atomic mass is 10.1. The lowest BCUT2D eigenvalue weighted by Gasteiger charge is -2.17. The maximum absolute atomic E-state index is 12.6. The van der Waals surface area contributed by atoms with Crippen LogP contribution in [0.25, 0.3) is 0 Å². The Labute approximate surface area is 146 Å². The lowest BCUT2D eigenvalue weighted by Crippen LogP contribution is -2.29. The Morgan fingerprint density at radius 2 is 1.40 bits per heavy atom. The van der Waals surface area contributed by atoms with Crippen LogP contribution >= 0.6 is 0 Å². The number of hydrazone groups is 1. The predicted molar refractivity (Wildman–Crippen MR) is 98.4 cm³/mol. The van der Waals surface area contributed by atoms with E-state index in [-0.39, 0.29) is 5.91 Å². The summed E-state index contributed by atoms with van der Waals surface area (Å²) in [5.41, 5.74) is 4.22. The summed E-state index contributed by atoms with van der Waals surface area (Å²) in [6.45, 7) is 0. The van der Waals surface area contributed by atoms with Crippen LogP contribution in [0.2, 0.25) is 0 Å². The number of benzene rings is 3. The minimum atomic E-state index is -0.781. The number of hydrogen-bond donors (Lipinski definition) is 1. The van der Waals surface area contributed by atoms with Gasteiger partial charge in [-0.1, -0.05) is 78.9 Å². The van der Waals surface area contributed by atoms with Crippen LogP contribution in [0, 0.1) is 0 Å². The highest BCUT2D eigenvalue weighted by molar-refractivity contribution is 5.85. The van der Waals surface area contributed by atoms with E-state index in [0.717, 1.165) is 11.1 Å². The standard InChI is InChI=1S/C21H18N2O2/c24-21(23-22-16-17-10-4-1-5-11-17)20(18-12-6-2-7-13-18)25-19-14-8-3-9-15-19/h1-16,20H,(H,23,24)/b22-16+/t20-/m1/s1. The fraction of sp³-hybridized carbons (Fsp3) is 0.0476. The Kier molecular flexibility index (Phi) is 5.56. The minimum absolute atomic E-state index is 0.331.